The third-order valence-electron chi connectivity index (χ3n) is 2.80. The highest BCUT2D eigenvalue weighted by atomic mass is 16.1. The molecular weight excluding hydrogens is 212 g/mol. The molecule has 3 nitrogen and oxygen atoms in total. The topological polar surface area (TPSA) is 44.9 Å². The van der Waals surface area contributed by atoms with Gasteiger partial charge < -0.3 is 10.3 Å². The van der Waals surface area contributed by atoms with Gasteiger partial charge in [-0.05, 0) is 25.0 Å². The van der Waals surface area contributed by atoms with Crippen molar-refractivity contribution in [2.24, 2.45) is 0 Å². The molecule has 0 unspecified atom stereocenters. The van der Waals surface area contributed by atoms with E-state index in [-0.39, 0.29) is 5.91 Å². The lowest BCUT2D eigenvalue weighted by atomic mass is 10.1. The van der Waals surface area contributed by atoms with Crippen molar-refractivity contribution in [3.05, 3.63) is 58.9 Å². The second-order valence-electron chi connectivity index (χ2n) is 4.14. The van der Waals surface area contributed by atoms with E-state index in [1.807, 2.05) is 50.4 Å². The Morgan fingerprint density at radius 3 is 2.53 bits per heavy atom. The van der Waals surface area contributed by atoms with E-state index in [9.17, 15) is 4.79 Å². The highest BCUT2D eigenvalue weighted by Gasteiger charge is 2.12. The number of hydrogen-bond acceptors (Lipinski definition) is 1. The van der Waals surface area contributed by atoms with E-state index in [4.69, 9.17) is 0 Å². The fourth-order valence-corrected chi connectivity index (χ4v) is 1.87. The van der Waals surface area contributed by atoms with Crippen LogP contribution in [0.2, 0.25) is 0 Å². The van der Waals surface area contributed by atoms with Crippen LogP contribution in [0.5, 0.6) is 0 Å². The predicted molar refractivity (Wildman–Crippen MR) is 67.9 cm³/mol. The summed E-state index contributed by atoms with van der Waals surface area (Å²) in [5.74, 6) is -0.0231. The maximum atomic E-state index is 12.0. The van der Waals surface area contributed by atoms with E-state index in [1.165, 1.54) is 0 Å². The highest BCUT2D eigenvalue weighted by molar-refractivity contribution is 5.96. The second kappa shape index (κ2) is 4.87. The number of hydrogen-bond donors (Lipinski definition) is 2. The first-order valence-electron chi connectivity index (χ1n) is 5.65. The smallest absolute Gasteiger partial charge is 0.253 e. The van der Waals surface area contributed by atoms with Gasteiger partial charge in [-0.3, -0.25) is 4.79 Å². The lowest BCUT2D eigenvalue weighted by Crippen LogP contribution is -2.23. The highest BCUT2D eigenvalue weighted by Crippen LogP contribution is 2.12. The molecule has 88 valence electrons. The van der Waals surface area contributed by atoms with Gasteiger partial charge in [0.05, 0.1) is 5.56 Å². The summed E-state index contributed by atoms with van der Waals surface area (Å²) in [6, 6.07) is 9.89. The lowest BCUT2D eigenvalue weighted by molar-refractivity contribution is 0.0950. The molecule has 1 aromatic heterocycles. The first-order chi connectivity index (χ1) is 8.18. The SMILES string of the molecule is Cc1c[nH]c(C)c1C(=O)NCc1ccccc1. The summed E-state index contributed by atoms with van der Waals surface area (Å²) in [6.45, 7) is 4.40. The zero-order chi connectivity index (χ0) is 12.3. The van der Waals surface area contributed by atoms with Gasteiger partial charge in [0.15, 0.2) is 0 Å². The van der Waals surface area contributed by atoms with Crippen LogP contribution in [0.4, 0.5) is 0 Å². The number of amides is 1. The number of carbonyl (C=O) groups is 1. The molecule has 0 spiro atoms. The van der Waals surface area contributed by atoms with E-state index in [0.717, 1.165) is 22.4 Å². The number of benzene rings is 1. The fraction of sp³-hybridized carbons (Fsp3) is 0.214. The van der Waals surface area contributed by atoms with Crippen LogP contribution in [0.1, 0.15) is 27.2 Å². The first-order valence-corrected chi connectivity index (χ1v) is 5.65. The molecule has 0 aliphatic heterocycles. The summed E-state index contributed by atoms with van der Waals surface area (Å²) in [6.07, 6.45) is 1.85. The zero-order valence-electron chi connectivity index (χ0n) is 10.1. The molecule has 0 fully saturated rings. The largest absolute Gasteiger partial charge is 0.364 e. The zero-order valence-corrected chi connectivity index (χ0v) is 10.1. The van der Waals surface area contributed by atoms with Gasteiger partial charge >= 0.3 is 0 Å². The van der Waals surface area contributed by atoms with Crippen LogP contribution < -0.4 is 5.32 Å². The molecule has 1 aromatic carbocycles. The number of nitrogens with one attached hydrogen (secondary N) is 2. The Balaban J connectivity index is 2.04. The summed E-state index contributed by atoms with van der Waals surface area (Å²) in [5, 5.41) is 2.92. The molecule has 2 N–H and O–H groups in total. The summed E-state index contributed by atoms with van der Waals surface area (Å²) in [4.78, 5) is 15.0. The molecular formula is C14H16N2O. The van der Waals surface area contributed by atoms with Gasteiger partial charge in [-0.2, -0.15) is 0 Å². The average Bonchev–Trinajstić information content (AvgIpc) is 2.67. The van der Waals surface area contributed by atoms with E-state index >= 15 is 0 Å². The van der Waals surface area contributed by atoms with E-state index in [2.05, 4.69) is 10.3 Å². The molecule has 1 amide bonds. The van der Waals surface area contributed by atoms with Crippen molar-refractivity contribution < 1.29 is 4.79 Å². The Bertz CT molecular complexity index is 495. The molecule has 3 heteroatoms. The van der Waals surface area contributed by atoms with Crippen molar-refractivity contribution in [2.75, 3.05) is 0 Å². The van der Waals surface area contributed by atoms with Gasteiger partial charge in [-0.25, -0.2) is 0 Å². The Labute approximate surface area is 101 Å². The second-order valence-corrected chi connectivity index (χ2v) is 4.14. The number of H-pyrrole nitrogens is 1. The molecule has 2 aromatic rings. The molecule has 0 aliphatic rings. The van der Waals surface area contributed by atoms with Crippen LogP contribution in [-0.4, -0.2) is 10.9 Å². The van der Waals surface area contributed by atoms with Gasteiger partial charge in [-0.1, -0.05) is 30.3 Å². The van der Waals surface area contributed by atoms with Crippen molar-refractivity contribution in [1.29, 1.82) is 0 Å². The predicted octanol–water partition coefficient (Wildman–Crippen LogP) is 2.56. The van der Waals surface area contributed by atoms with E-state index in [1.54, 1.807) is 0 Å². The molecule has 0 bridgehead atoms. The fourth-order valence-electron chi connectivity index (χ4n) is 1.87. The lowest BCUT2D eigenvalue weighted by Gasteiger charge is -2.06. The third-order valence-corrected chi connectivity index (χ3v) is 2.80. The Hall–Kier alpha value is -2.03. The van der Waals surface area contributed by atoms with Gasteiger partial charge in [0, 0.05) is 18.4 Å². The van der Waals surface area contributed by atoms with Crippen LogP contribution in [0.25, 0.3) is 0 Å². The molecule has 17 heavy (non-hydrogen) atoms. The number of carbonyl (C=O) groups excluding carboxylic acids is 1. The summed E-state index contributed by atoms with van der Waals surface area (Å²) in [7, 11) is 0. The van der Waals surface area contributed by atoms with Crippen molar-refractivity contribution in [2.45, 2.75) is 20.4 Å². The van der Waals surface area contributed by atoms with Gasteiger partial charge in [0.25, 0.3) is 5.91 Å². The summed E-state index contributed by atoms with van der Waals surface area (Å²) in [5.41, 5.74) is 3.74. The van der Waals surface area contributed by atoms with E-state index in [0.29, 0.717) is 6.54 Å². The number of rotatable bonds is 3. The van der Waals surface area contributed by atoms with Crippen molar-refractivity contribution in [3.8, 4) is 0 Å². The number of aryl methyl sites for hydroxylation is 2. The maximum Gasteiger partial charge on any atom is 0.253 e. The molecule has 0 saturated carbocycles. The normalized spacial score (nSPS) is 10.2. The Morgan fingerprint density at radius 2 is 1.94 bits per heavy atom. The molecule has 0 radical (unpaired) electrons. The molecule has 0 aliphatic carbocycles. The Kier molecular flexibility index (Phi) is 3.28. The molecule has 1 heterocycles. The minimum absolute atomic E-state index is 0.0231. The van der Waals surface area contributed by atoms with Crippen LogP contribution in [-0.2, 0) is 6.54 Å². The van der Waals surface area contributed by atoms with Gasteiger partial charge in [-0.15, -0.1) is 0 Å². The first kappa shape index (κ1) is 11.5. The quantitative estimate of drug-likeness (QED) is 0.833. The molecule has 0 saturated heterocycles. The third kappa shape index (κ3) is 2.56. The van der Waals surface area contributed by atoms with Crippen LogP contribution in [0.15, 0.2) is 36.5 Å². The van der Waals surface area contributed by atoms with E-state index < -0.39 is 0 Å². The monoisotopic (exact) mass is 228 g/mol. The molecule has 0 atom stereocenters. The van der Waals surface area contributed by atoms with Crippen LogP contribution in [0, 0.1) is 13.8 Å². The van der Waals surface area contributed by atoms with Crippen molar-refractivity contribution in [1.82, 2.24) is 10.3 Å². The standard InChI is InChI=1S/C14H16N2O/c1-10-8-15-11(2)13(10)14(17)16-9-12-6-4-3-5-7-12/h3-8,15H,9H2,1-2H3,(H,16,17). The Morgan fingerprint density at radius 1 is 1.24 bits per heavy atom. The van der Waals surface area contributed by atoms with Crippen molar-refractivity contribution >= 4 is 5.91 Å². The average molecular weight is 228 g/mol. The van der Waals surface area contributed by atoms with Crippen molar-refractivity contribution in [3.63, 3.8) is 0 Å². The number of aromatic nitrogens is 1. The number of aromatic amines is 1. The minimum atomic E-state index is -0.0231. The van der Waals surface area contributed by atoms with Gasteiger partial charge in [0.2, 0.25) is 0 Å². The summed E-state index contributed by atoms with van der Waals surface area (Å²) < 4.78 is 0. The minimum Gasteiger partial charge on any atom is -0.364 e. The summed E-state index contributed by atoms with van der Waals surface area (Å²) >= 11 is 0. The van der Waals surface area contributed by atoms with Crippen LogP contribution in [0.3, 0.4) is 0 Å². The van der Waals surface area contributed by atoms with Crippen LogP contribution >= 0.6 is 0 Å². The van der Waals surface area contributed by atoms with Gasteiger partial charge in [0.1, 0.15) is 0 Å². The molecule has 2 rings (SSSR count). The maximum absolute atomic E-state index is 12.0.